The van der Waals surface area contributed by atoms with Gasteiger partial charge in [-0.25, -0.2) is 9.18 Å². The van der Waals surface area contributed by atoms with Crippen LogP contribution >= 0.6 is 0 Å². The van der Waals surface area contributed by atoms with Crippen LogP contribution in [0.25, 0.3) is 0 Å². The fourth-order valence-electron chi connectivity index (χ4n) is 4.70. The number of urea groups is 1. The van der Waals surface area contributed by atoms with E-state index in [0.29, 0.717) is 24.2 Å². The van der Waals surface area contributed by atoms with Crippen molar-refractivity contribution in [1.29, 1.82) is 0 Å². The summed E-state index contributed by atoms with van der Waals surface area (Å²) in [4.78, 5) is 15.6. The van der Waals surface area contributed by atoms with Crippen LogP contribution in [0.15, 0.2) is 42.5 Å². The molecule has 184 valence electrons. The molecule has 0 radical (unpaired) electrons. The molecule has 0 bridgehead atoms. The Labute approximate surface area is 190 Å². The van der Waals surface area contributed by atoms with Crippen molar-refractivity contribution < 1.29 is 40.3 Å². The summed E-state index contributed by atoms with van der Waals surface area (Å²) in [7, 11) is 1.63. The van der Waals surface area contributed by atoms with Gasteiger partial charge < -0.3 is 14.5 Å². The van der Waals surface area contributed by atoms with Gasteiger partial charge in [0.25, 0.3) is 0 Å². The highest BCUT2D eigenvalue weighted by Crippen LogP contribution is 2.43. The van der Waals surface area contributed by atoms with Gasteiger partial charge in [-0.05, 0) is 48.4 Å². The number of alkyl halides is 6. The lowest BCUT2D eigenvalue weighted by Gasteiger charge is -2.27. The molecule has 2 aliphatic heterocycles. The molecule has 34 heavy (non-hydrogen) atoms. The van der Waals surface area contributed by atoms with E-state index in [9.17, 15) is 35.5 Å². The highest BCUT2D eigenvalue weighted by molar-refractivity contribution is 5.78. The van der Waals surface area contributed by atoms with Crippen molar-refractivity contribution in [2.45, 2.75) is 43.4 Å². The van der Waals surface area contributed by atoms with Gasteiger partial charge in [-0.15, -0.1) is 0 Å². The first-order chi connectivity index (χ1) is 15.8. The van der Waals surface area contributed by atoms with Crippen molar-refractivity contribution >= 4 is 6.03 Å². The van der Waals surface area contributed by atoms with Crippen LogP contribution in [0, 0.1) is 5.82 Å². The average Bonchev–Trinajstić information content (AvgIpc) is 3.22. The maximum Gasteiger partial charge on any atom is 0.416 e. The standard InChI is InChI=1S/C23H21F7N2O2/c1-12(14-7-15(22(25,26)27)9-16(8-14)23(28,29)30)34-19-11-32-18(10-31(2)21(32)33)20(19)13-3-5-17(24)6-4-13/h3-9,12,18-20H,10-11H2,1-2H3/t12-,18+,19+,20+/m1/s1. The van der Waals surface area contributed by atoms with E-state index < -0.39 is 47.4 Å². The van der Waals surface area contributed by atoms with Crippen LogP contribution in [0.1, 0.15) is 41.2 Å². The average molecular weight is 490 g/mol. The molecule has 2 aromatic rings. The van der Waals surface area contributed by atoms with Crippen molar-refractivity contribution in [2.24, 2.45) is 0 Å². The lowest BCUT2D eigenvalue weighted by atomic mass is 9.89. The summed E-state index contributed by atoms with van der Waals surface area (Å²) in [6.07, 6.45) is -11.8. The predicted molar refractivity (Wildman–Crippen MR) is 107 cm³/mol. The second-order valence-electron chi connectivity index (χ2n) is 8.62. The van der Waals surface area contributed by atoms with E-state index in [1.165, 1.54) is 24.0 Å². The molecule has 0 unspecified atom stereocenters. The third kappa shape index (κ3) is 4.57. The first-order valence-corrected chi connectivity index (χ1v) is 10.5. The lowest BCUT2D eigenvalue weighted by Crippen LogP contribution is -2.32. The smallest absolute Gasteiger partial charge is 0.368 e. The fourth-order valence-corrected chi connectivity index (χ4v) is 4.70. The first kappa shape index (κ1) is 24.3. The summed E-state index contributed by atoms with van der Waals surface area (Å²) in [5.74, 6) is -0.905. The summed E-state index contributed by atoms with van der Waals surface area (Å²) in [6, 6.07) is 6.35. The van der Waals surface area contributed by atoms with Crippen LogP contribution in [0.4, 0.5) is 35.5 Å². The first-order valence-electron chi connectivity index (χ1n) is 10.5. The summed E-state index contributed by atoms with van der Waals surface area (Å²) in [5.41, 5.74) is -2.47. The molecule has 4 nitrogen and oxygen atoms in total. The predicted octanol–water partition coefficient (Wildman–Crippen LogP) is 5.84. The molecule has 0 N–H and O–H groups in total. The van der Waals surface area contributed by atoms with Gasteiger partial charge >= 0.3 is 18.4 Å². The highest BCUT2D eigenvalue weighted by Gasteiger charge is 2.51. The van der Waals surface area contributed by atoms with Crippen molar-refractivity contribution in [2.75, 3.05) is 20.1 Å². The maximum atomic E-state index is 13.5. The molecule has 4 atom stereocenters. The Morgan fingerprint density at radius 3 is 2.03 bits per heavy atom. The van der Waals surface area contributed by atoms with Gasteiger partial charge in [0.1, 0.15) is 5.82 Å². The number of ether oxygens (including phenoxy) is 1. The number of rotatable bonds is 4. The Hall–Kier alpha value is -2.82. The number of carbonyl (C=O) groups is 1. The second-order valence-corrected chi connectivity index (χ2v) is 8.62. The molecule has 0 saturated carbocycles. The number of hydrogen-bond donors (Lipinski definition) is 0. The third-order valence-electron chi connectivity index (χ3n) is 6.34. The quantitative estimate of drug-likeness (QED) is 0.505. The number of carbonyl (C=O) groups excluding carboxylic acids is 1. The van der Waals surface area contributed by atoms with Gasteiger partial charge in [0.15, 0.2) is 0 Å². The second kappa shape index (κ2) is 8.44. The molecule has 2 aromatic carbocycles. The number of nitrogens with zero attached hydrogens (tertiary/aromatic N) is 2. The van der Waals surface area contributed by atoms with Crippen LogP contribution in [0.2, 0.25) is 0 Å². The van der Waals surface area contributed by atoms with Crippen molar-refractivity contribution in [1.82, 2.24) is 9.80 Å². The van der Waals surface area contributed by atoms with Crippen molar-refractivity contribution in [3.8, 4) is 0 Å². The van der Waals surface area contributed by atoms with E-state index in [1.54, 1.807) is 24.1 Å². The minimum absolute atomic E-state index is 0.0672. The van der Waals surface area contributed by atoms with Crippen molar-refractivity contribution in [3.05, 3.63) is 70.5 Å². The number of benzene rings is 2. The van der Waals surface area contributed by atoms with Gasteiger partial charge in [0, 0.05) is 26.1 Å². The SMILES string of the molecule is C[C@@H](O[C@H]1CN2C(=O)N(C)C[C@H]2[C@@H]1c1ccc(F)cc1)c1cc(C(F)(F)F)cc(C(F)(F)F)c1. The molecule has 2 heterocycles. The topological polar surface area (TPSA) is 32.8 Å². The van der Waals surface area contributed by atoms with Crippen LogP contribution < -0.4 is 0 Å². The molecule has 11 heteroatoms. The summed E-state index contributed by atoms with van der Waals surface area (Å²) < 4.78 is 99.1. The van der Waals surface area contributed by atoms with Gasteiger partial charge in [0.2, 0.25) is 0 Å². The number of likely N-dealkylation sites (N-methyl/N-ethyl adjacent to an activating group) is 1. The Morgan fingerprint density at radius 2 is 1.50 bits per heavy atom. The molecule has 2 fully saturated rings. The third-order valence-corrected chi connectivity index (χ3v) is 6.34. The molecular weight excluding hydrogens is 469 g/mol. The van der Waals surface area contributed by atoms with E-state index in [4.69, 9.17) is 4.74 Å². The fraction of sp³-hybridized carbons (Fsp3) is 0.435. The Morgan fingerprint density at radius 1 is 0.941 bits per heavy atom. The summed E-state index contributed by atoms with van der Waals surface area (Å²) in [6.45, 7) is 1.83. The molecule has 0 aliphatic carbocycles. The van der Waals surface area contributed by atoms with E-state index in [0.717, 1.165) is 0 Å². The zero-order valence-corrected chi connectivity index (χ0v) is 18.1. The van der Waals surface area contributed by atoms with Gasteiger partial charge in [-0.1, -0.05) is 12.1 Å². The van der Waals surface area contributed by atoms with Crippen molar-refractivity contribution in [3.63, 3.8) is 0 Å². The van der Waals surface area contributed by atoms with E-state index in [2.05, 4.69) is 0 Å². The zero-order chi connectivity index (χ0) is 25.0. The Kier molecular flexibility index (Phi) is 6.03. The van der Waals surface area contributed by atoms with E-state index in [1.807, 2.05) is 0 Å². The number of fused-ring (bicyclic) bond motifs is 1. The summed E-state index contributed by atoms with van der Waals surface area (Å²) in [5, 5.41) is 0. The highest BCUT2D eigenvalue weighted by atomic mass is 19.4. The van der Waals surface area contributed by atoms with Gasteiger partial charge in [-0.3, -0.25) is 0 Å². The number of amides is 2. The molecule has 2 aliphatic rings. The van der Waals surface area contributed by atoms with Crippen LogP contribution in [0.3, 0.4) is 0 Å². The van der Waals surface area contributed by atoms with Crippen LogP contribution in [-0.4, -0.2) is 48.1 Å². The molecule has 0 spiro atoms. The minimum atomic E-state index is -4.97. The molecule has 2 saturated heterocycles. The molecule has 0 aromatic heterocycles. The number of halogens is 7. The molecular formula is C23H21F7N2O2. The van der Waals surface area contributed by atoms with Crippen LogP contribution in [-0.2, 0) is 17.1 Å². The van der Waals surface area contributed by atoms with E-state index >= 15 is 0 Å². The maximum absolute atomic E-state index is 13.5. The monoisotopic (exact) mass is 490 g/mol. The molecule has 4 rings (SSSR count). The van der Waals surface area contributed by atoms with E-state index in [-0.39, 0.29) is 30.2 Å². The Bertz CT molecular complexity index is 1040. The van der Waals surface area contributed by atoms with Gasteiger partial charge in [0.05, 0.1) is 29.4 Å². The van der Waals surface area contributed by atoms with Crippen LogP contribution in [0.5, 0.6) is 0 Å². The Balaban J connectivity index is 1.67. The number of hydrogen-bond acceptors (Lipinski definition) is 2. The minimum Gasteiger partial charge on any atom is -0.368 e. The molecule has 2 amide bonds. The lowest BCUT2D eigenvalue weighted by molar-refractivity contribution is -0.143. The zero-order valence-electron chi connectivity index (χ0n) is 18.1. The van der Waals surface area contributed by atoms with Gasteiger partial charge in [-0.2, -0.15) is 26.3 Å². The normalized spacial score (nSPS) is 24.0. The largest absolute Gasteiger partial charge is 0.416 e. The summed E-state index contributed by atoms with van der Waals surface area (Å²) >= 11 is 0.